The maximum absolute atomic E-state index is 10.8. The second-order valence-electron chi connectivity index (χ2n) is 3.29. The van der Waals surface area contributed by atoms with Crippen molar-refractivity contribution in [1.82, 2.24) is 4.98 Å². The van der Waals surface area contributed by atoms with Crippen molar-refractivity contribution in [3.63, 3.8) is 0 Å². The van der Waals surface area contributed by atoms with Crippen molar-refractivity contribution in [3.05, 3.63) is 45.5 Å². The molecule has 0 fully saturated rings. The summed E-state index contributed by atoms with van der Waals surface area (Å²) in [7, 11) is 0. The molecule has 19 heavy (non-hydrogen) atoms. The fourth-order valence-corrected chi connectivity index (χ4v) is 2.99. The highest BCUT2D eigenvalue weighted by molar-refractivity contribution is 8.01. The van der Waals surface area contributed by atoms with E-state index < -0.39 is 4.92 Å². The van der Waals surface area contributed by atoms with Crippen LogP contribution in [0.3, 0.4) is 0 Å². The van der Waals surface area contributed by atoms with Crippen LogP contribution >= 0.6 is 23.1 Å². The molecule has 9 heteroatoms. The highest BCUT2D eigenvalue weighted by atomic mass is 32.2. The number of nitrogens with zero attached hydrogens (tertiary/aromatic N) is 3. The molecule has 0 atom stereocenters. The second kappa shape index (κ2) is 5.67. The monoisotopic (exact) mass is 296 g/mol. The van der Waals surface area contributed by atoms with Gasteiger partial charge in [-0.1, -0.05) is 23.0 Å². The minimum absolute atomic E-state index is 0.144. The minimum Gasteiger partial charge on any atom is -0.409 e. The van der Waals surface area contributed by atoms with E-state index in [4.69, 9.17) is 10.9 Å². The van der Waals surface area contributed by atoms with Crippen LogP contribution in [0.15, 0.2) is 44.0 Å². The quantitative estimate of drug-likeness (QED) is 0.294. The Bertz CT molecular complexity index is 628. The van der Waals surface area contributed by atoms with Gasteiger partial charge in [0.1, 0.15) is 5.03 Å². The van der Waals surface area contributed by atoms with Crippen LogP contribution in [0, 0.1) is 10.1 Å². The Morgan fingerprint density at radius 1 is 1.53 bits per heavy atom. The van der Waals surface area contributed by atoms with Crippen molar-refractivity contribution in [2.24, 2.45) is 10.9 Å². The molecular weight excluding hydrogens is 288 g/mol. The molecule has 0 bridgehead atoms. The van der Waals surface area contributed by atoms with E-state index in [2.05, 4.69) is 10.1 Å². The van der Waals surface area contributed by atoms with Gasteiger partial charge in [-0.05, 0) is 17.5 Å². The molecule has 3 N–H and O–H groups in total. The lowest BCUT2D eigenvalue weighted by atomic mass is 10.3. The zero-order valence-corrected chi connectivity index (χ0v) is 11.0. The number of aromatic nitrogens is 1. The average molecular weight is 296 g/mol. The van der Waals surface area contributed by atoms with Crippen LogP contribution in [0.25, 0.3) is 0 Å². The van der Waals surface area contributed by atoms with Crippen molar-refractivity contribution in [2.45, 2.75) is 9.24 Å². The van der Waals surface area contributed by atoms with Crippen molar-refractivity contribution in [2.75, 3.05) is 0 Å². The Morgan fingerprint density at radius 2 is 2.32 bits per heavy atom. The van der Waals surface area contributed by atoms with E-state index in [0.717, 1.165) is 4.21 Å². The van der Waals surface area contributed by atoms with E-state index in [1.807, 2.05) is 17.5 Å². The van der Waals surface area contributed by atoms with Gasteiger partial charge >= 0.3 is 0 Å². The summed E-state index contributed by atoms with van der Waals surface area (Å²) in [5.74, 6) is -0.389. The standard InChI is InChI=1S/C10H8N4O3S2/c11-10(13-15)9-6(14(16)17)3-4-7(12-9)19-8-2-1-5-18-8/h1-5,15H,(H2,11,13). The number of amidine groups is 1. The zero-order valence-electron chi connectivity index (χ0n) is 9.39. The van der Waals surface area contributed by atoms with E-state index >= 15 is 0 Å². The summed E-state index contributed by atoms with van der Waals surface area (Å²) in [6.07, 6.45) is 0. The van der Waals surface area contributed by atoms with Gasteiger partial charge in [0, 0.05) is 6.07 Å². The Labute approximate surface area is 115 Å². The summed E-state index contributed by atoms with van der Waals surface area (Å²) in [5, 5.41) is 24.7. The summed E-state index contributed by atoms with van der Waals surface area (Å²) in [5.41, 5.74) is 4.96. The van der Waals surface area contributed by atoms with Gasteiger partial charge in [-0.2, -0.15) is 0 Å². The fraction of sp³-hybridized carbons (Fsp3) is 0. The highest BCUT2D eigenvalue weighted by Gasteiger charge is 2.20. The van der Waals surface area contributed by atoms with Gasteiger partial charge < -0.3 is 10.9 Å². The molecule has 0 saturated heterocycles. The SMILES string of the molecule is N/C(=N/O)c1nc(Sc2cccs2)ccc1[N+](=O)[O-]. The van der Waals surface area contributed by atoms with Crippen molar-refractivity contribution < 1.29 is 10.1 Å². The van der Waals surface area contributed by atoms with Crippen molar-refractivity contribution in [1.29, 1.82) is 0 Å². The molecule has 0 aliphatic carbocycles. The first-order valence-corrected chi connectivity index (χ1v) is 6.66. The third kappa shape index (κ3) is 3.01. The van der Waals surface area contributed by atoms with Gasteiger partial charge in [-0.3, -0.25) is 10.1 Å². The number of thiophene rings is 1. The summed E-state index contributed by atoms with van der Waals surface area (Å²) in [6.45, 7) is 0. The number of nitrogens with two attached hydrogens (primary N) is 1. The lowest BCUT2D eigenvalue weighted by Crippen LogP contribution is -2.17. The molecule has 0 aromatic carbocycles. The van der Waals surface area contributed by atoms with Gasteiger partial charge in [0.2, 0.25) is 0 Å². The maximum atomic E-state index is 10.8. The molecular formula is C10H8N4O3S2. The zero-order chi connectivity index (χ0) is 13.8. The molecule has 0 spiro atoms. The first-order valence-electron chi connectivity index (χ1n) is 4.96. The molecule has 2 aromatic rings. The molecule has 0 aliphatic rings. The molecule has 0 unspecified atom stereocenters. The highest BCUT2D eigenvalue weighted by Crippen LogP contribution is 2.31. The number of hydrogen-bond donors (Lipinski definition) is 2. The first-order chi connectivity index (χ1) is 9.11. The van der Waals surface area contributed by atoms with Crippen LogP contribution in [0.5, 0.6) is 0 Å². The van der Waals surface area contributed by atoms with E-state index in [0.29, 0.717) is 5.03 Å². The lowest BCUT2D eigenvalue weighted by molar-refractivity contribution is -0.385. The lowest BCUT2D eigenvalue weighted by Gasteiger charge is -2.03. The Kier molecular flexibility index (Phi) is 3.97. The molecule has 0 aliphatic heterocycles. The van der Waals surface area contributed by atoms with Crippen LogP contribution in [-0.4, -0.2) is 21.0 Å². The molecule has 2 rings (SSSR count). The Hall–Kier alpha value is -2.13. The number of pyridine rings is 1. The number of hydrogen-bond acceptors (Lipinski definition) is 7. The van der Waals surface area contributed by atoms with Crippen LogP contribution in [0.4, 0.5) is 5.69 Å². The van der Waals surface area contributed by atoms with E-state index in [1.165, 1.54) is 35.2 Å². The number of rotatable bonds is 4. The van der Waals surface area contributed by atoms with Gasteiger partial charge in [-0.15, -0.1) is 11.3 Å². The van der Waals surface area contributed by atoms with Gasteiger partial charge in [-0.25, -0.2) is 4.98 Å². The number of oxime groups is 1. The Balaban J connectivity index is 2.40. The second-order valence-corrected chi connectivity index (χ2v) is 5.56. The number of nitro groups is 1. The molecule has 2 aromatic heterocycles. The molecule has 7 nitrogen and oxygen atoms in total. The smallest absolute Gasteiger partial charge is 0.298 e. The van der Waals surface area contributed by atoms with Crippen LogP contribution in [0.1, 0.15) is 5.69 Å². The van der Waals surface area contributed by atoms with Crippen LogP contribution in [-0.2, 0) is 0 Å². The molecule has 0 amide bonds. The van der Waals surface area contributed by atoms with Crippen molar-refractivity contribution in [3.8, 4) is 0 Å². The molecule has 98 valence electrons. The third-order valence-corrected chi connectivity index (χ3v) is 4.07. The topological polar surface area (TPSA) is 115 Å². The summed E-state index contributed by atoms with van der Waals surface area (Å²) in [6, 6.07) is 6.61. The first kappa shape index (κ1) is 13.3. The summed E-state index contributed by atoms with van der Waals surface area (Å²) in [4.78, 5) is 14.3. The van der Waals surface area contributed by atoms with Gasteiger partial charge in [0.15, 0.2) is 11.5 Å². The maximum Gasteiger partial charge on any atom is 0.298 e. The van der Waals surface area contributed by atoms with Crippen LogP contribution in [0.2, 0.25) is 0 Å². The molecule has 0 saturated carbocycles. The van der Waals surface area contributed by atoms with Gasteiger partial charge in [0.05, 0.1) is 9.13 Å². The van der Waals surface area contributed by atoms with E-state index in [-0.39, 0.29) is 17.2 Å². The predicted octanol–water partition coefficient (Wildman–Crippen LogP) is 2.30. The molecule has 2 heterocycles. The van der Waals surface area contributed by atoms with Crippen molar-refractivity contribution >= 4 is 34.6 Å². The van der Waals surface area contributed by atoms with Gasteiger partial charge in [0.25, 0.3) is 5.69 Å². The third-order valence-electron chi connectivity index (χ3n) is 2.10. The van der Waals surface area contributed by atoms with E-state index in [9.17, 15) is 10.1 Å². The largest absolute Gasteiger partial charge is 0.409 e. The fourth-order valence-electron chi connectivity index (χ4n) is 1.30. The average Bonchev–Trinajstić information content (AvgIpc) is 2.90. The summed E-state index contributed by atoms with van der Waals surface area (Å²) >= 11 is 2.88. The Morgan fingerprint density at radius 3 is 2.89 bits per heavy atom. The minimum atomic E-state index is -0.625. The predicted molar refractivity (Wildman–Crippen MR) is 71.8 cm³/mol. The summed E-state index contributed by atoms with van der Waals surface area (Å²) < 4.78 is 0.992. The van der Waals surface area contributed by atoms with Crippen LogP contribution < -0.4 is 5.73 Å². The van der Waals surface area contributed by atoms with E-state index in [1.54, 1.807) is 0 Å². The normalized spacial score (nSPS) is 11.5. The molecule has 0 radical (unpaired) electrons.